The third-order valence-electron chi connectivity index (χ3n) is 5.40. The minimum absolute atomic E-state index is 0.186. The standard InChI is InChI=1S/C19H26N2O2S/c22-19(16-4-5-18-15(13-16)3-1-11-23-18)21-8-2-7-20(9-10-21)17-6-12-24-14-17/h4-5,13,17H,1-3,6-12,14H2. The molecule has 0 aromatic heterocycles. The van der Waals surface area contributed by atoms with Crippen LogP contribution in [0.2, 0.25) is 0 Å². The molecule has 0 N–H and O–H groups in total. The number of benzene rings is 1. The molecule has 1 unspecified atom stereocenters. The van der Waals surface area contributed by atoms with E-state index in [0.29, 0.717) is 0 Å². The molecule has 1 atom stereocenters. The van der Waals surface area contributed by atoms with Gasteiger partial charge < -0.3 is 9.64 Å². The highest BCUT2D eigenvalue weighted by Gasteiger charge is 2.27. The molecule has 0 spiro atoms. The fraction of sp³-hybridized carbons (Fsp3) is 0.632. The Hall–Kier alpha value is -1.20. The average Bonchev–Trinajstić information content (AvgIpc) is 3.05. The lowest BCUT2D eigenvalue weighted by Crippen LogP contribution is -2.39. The van der Waals surface area contributed by atoms with Crippen LogP contribution in [0.3, 0.4) is 0 Å². The Morgan fingerprint density at radius 2 is 2.12 bits per heavy atom. The summed E-state index contributed by atoms with van der Waals surface area (Å²) in [5.74, 6) is 3.70. The molecule has 130 valence electrons. The number of thioether (sulfide) groups is 1. The zero-order valence-electron chi connectivity index (χ0n) is 14.2. The highest BCUT2D eigenvalue weighted by Crippen LogP contribution is 2.27. The largest absolute Gasteiger partial charge is 0.493 e. The van der Waals surface area contributed by atoms with E-state index in [9.17, 15) is 4.79 Å². The number of ether oxygens (including phenoxy) is 1. The number of amides is 1. The second-order valence-corrected chi connectivity index (χ2v) is 8.12. The molecule has 1 aromatic carbocycles. The van der Waals surface area contributed by atoms with Crippen LogP contribution >= 0.6 is 11.8 Å². The van der Waals surface area contributed by atoms with Gasteiger partial charge in [-0.25, -0.2) is 0 Å². The quantitative estimate of drug-likeness (QED) is 0.824. The maximum atomic E-state index is 12.9. The molecule has 0 bridgehead atoms. The Balaban J connectivity index is 1.42. The van der Waals surface area contributed by atoms with Gasteiger partial charge in [0, 0.05) is 43.5 Å². The van der Waals surface area contributed by atoms with Gasteiger partial charge in [0.05, 0.1) is 6.61 Å². The Labute approximate surface area is 148 Å². The predicted molar refractivity (Wildman–Crippen MR) is 98.1 cm³/mol. The number of hydrogen-bond donors (Lipinski definition) is 0. The molecule has 1 aromatic rings. The first-order valence-electron chi connectivity index (χ1n) is 9.18. The van der Waals surface area contributed by atoms with Crippen molar-refractivity contribution in [2.24, 2.45) is 0 Å². The summed E-state index contributed by atoms with van der Waals surface area (Å²) in [6.45, 7) is 4.68. The monoisotopic (exact) mass is 346 g/mol. The molecule has 5 heteroatoms. The highest BCUT2D eigenvalue weighted by molar-refractivity contribution is 7.99. The number of fused-ring (bicyclic) bond motifs is 1. The molecule has 3 heterocycles. The molecule has 0 aliphatic carbocycles. The van der Waals surface area contributed by atoms with Crippen LogP contribution in [0.4, 0.5) is 0 Å². The zero-order chi connectivity index (χ0) is 16.4. The van der Waals surface area contributed by atoms with Crippen molar-refractivity contribution in [3.05, 3.63) is 29.3 Å². The summed E-state index contributed by atoms with van der Waals surface area (Å²) in [6, 6.07) is 6.68. The van der Waals surface area contributed by atoms with Crippen molar-refractivity contribution in [3.8, 4) is 5.75 Å². The molecular formula is C19H26N2O2S. The van der Waals surface area contributed by atoms with E-state index >= 15 is 0 Å². The summed E-state index contributed by atoms with van der Waals surface area (Å²) < 4.78 is 5.66. The number of carbonyl (C=O) groups is 1. The van der Waals surface area contributed by atoms with Gasteiger partial charge in [0.1, 0.15) is 5.75 Å². The molecular weight excluding hydrogens is 320 g/mol. The molecule has 0 saturated carbocycles. The van der Waals surface area contributed by atoms with Crippen LogP contribution in [0.15, 0.2) is 18.2 Å². The second kappa shape index (κ2) is 7.36. The maximum absolute atomic E-state index is 12.9. The Morgan fingerprint density at radius 3 is 3.00 bits per heavy atom. The van der Waals surface area contributed by atoms with E-state index in [1.54, 1.807) is 0 Å². The third kappa shape index (κ3) is 3.42. The van der Waals surface area contributed by atoms with Gasteiger partial charge in [0.25, 0.3) is 5.91 Å². The molecule has 3 aliphatic rings. The zero-order valence-corrected chi connectivity index (χ0v) is 15.0. The number of hydrogen-bond acceptors (Lipinski definition) is 4. The summed E-state index contributed by atoms with van der Waals surface area (Å²) in [5, 5.41) is 0. The van der Waals surface area contributed by atoms with Crippen LogP contribution < -0.4 is 4.74 Å². The fourth-order valence-corrected chi connectivity index (χ4v) is 5.25. The molecule has 4 rings (SSSR count). The van der Waals surface area contributed by atoms with E-state index in [2.05, 4.69) is 16.7 Å². The highest BCUT2D eigenvalue weighted by atomic mass is 32.2. The molecule has 3 aliphatic heterocycles. The fourth-order valence-electron chi connectivity index (χ4n) is 3.99. The predicted octanol–water partition coefficient (Wildman–Crippen LogP) is 2.67. The van der Waals surface area contributed by atoms with Crippen molar-refractivity contribution in [1.29, 1.82) is 0 Å². The van der Waals surface area contributed by atoms with Crippen molar-refractivity contribution in [2.45, 2.75) is 31.7 Å². The molecule has 4 nitrogen and oxygen atoms in total. The van der Waals surface area contributed by atoms with Gasteiger partial charge in [-0.1, -0.05) is 0 Å². The van der Waals surface area contributed by atoms with Crippen molar-refractivity contribution >= 4 is 17.7 Å². The summed E-state index contributed by atoms with van der Waals surface area (Å²) in [6.07, 6.45) is 4.46. The van der Waals surface area contributed by atoms with Crippen molar-refractivity contribution in [3.63, 3.8) is 0 Å². The van der Waals surface area contributed by atoms with Gasteiger partial charge in [-0.2, -0.15) is 11.8 Å². The first-order chi connectivity index (χ1) is 11.8. The summed E-state index contributed by atoms with van der Waals surface area (Å²) in [4.78, 5) is 17.6. The van der Waals surface area contributed by atoms with E-state index < -0.39 is 0 Å². The third-order valence-corrected chi connectivity index (χ3v) is 6.54. The number of rotatable bonds is 2. The normalized spacial score (nSPS) is 25.0. The maximum Gasteiger partial charge on any atom is 0.253 e. The SMILES string of the molecule is O=C(c1ccc2c(c1)CCCO2)N1CCCN(C2CCSC2)CC1. The lowest BCUT2D eigenvalue weighted by Gasteiger charge is -2.27. The van der Waals surface area contributed by atoms with Crippen LogP contribution in [0, 0.1) is 0 Å². The number of carbonyl (C=O) groups excluding carboxylic acids is 1. The molecule has 2 saturated heterocycles. The van der Waals surface area contributed by atoms with Crippen LogP contribution in [0.5, 0.6) is 5.75 Å². The van der Waals surface area contributed by atoms with E-state index in [1.165, 1.54) is 23.5 Å². The minimum Gasteiger partial charge on any atom is -0.493 e. The topological polar surface area (TPSA) is 32.8 Å². The molecule has 1 amide bonds. The van der Waals surface area contributed by atoms with E-state index in [1.807, 2.05) is 23.1 Å². The van der Waals surface area contributed by atoms with Crippen LogP contribution in [0.25, 0.3) is 0 Å². The van der Waals surface area contributed by atoms with Crippen molar-refractivity contribution < 1.29 is 9.53 Å². The minimum atomic E-state index is 0.186. The van der Waals surface area contributed by atoms with Gasteiger partial charge in [-0.3, -0.25) is 9.69 Å². The van der Waals surface area contributed by atoms with Gasteiger partial charge in [-0.05, 0) is 55.2 Å². The van der Waals surface area contributed by atoms with Gasteiger partial charge in [0.2, 0.25) is 0 Å². The van der Waals surface area contributed by atoms with E-state index in [0.717, 1.165) is 69.4 Å². The Morgan fingerprint density at radius 1 is 1.17 bits per heavy atom. The Bertz CT molecular complexity index is 601. The second-order valence-electron chi connectivity index (χ2n) is 6.97. The van der Waals surface area contributed by atoms with Gasteiger partial charge in [0.15, 0.2) is 0 Å². The first kappa shape index (κ1) is 16.3. The summed E-state index contributed by atoms with van der Waals surface area (Å²) in [7, 11) is 0. The lowest BCUT2D eigenvalue weighted by molar-refractivity contribution is 0.0758. The molecule has 24 heavy (non-hydrogen) atoms. The van der Waals surface area contributed by atoms with Crippen molar-refractivity contribution in [2.75, 3.05) is 44.3 Å². The van der Waals surface area contributed by atoms with E-state index in [-0.39, 0.29) is 5.91 Å². The first-order valence-corrected chi connectivity index (χ1v) is 10.3. The average molecular weight is 346 g/mol. The van der Waals surface area contributed by atoms with Gasteiger partial charge >= 0.3 is 0 Å². The molecule has 0 radical (unpaired) electrons. The van der Waals surface area contributed by atoms with Crippen LogP contribution in [0.1, 0.15) is 35.2 Å². The van der Waals surface area contributed by atoms with Crippen LogP contribution in [-0.4, -0.2) is 66.0 Å². The lowest BCUT2D eigenvalue weighted by atomic mass is 10.0. The van der Waals surface area contributed by atoms with Crippen molar-refractivity contribution in [1.82, 2.24) is 9.80 Å². The molecule has 2 fully saturated rings. The Kier molecular flexibility index (Phi) is 4.99. The smallest absolute Gasteiger partial charge is 0.253 e. The van der Waals surface area contributed by atoms with Crippen LogP contribution in [-0.2, 0) is 6.42 Å². The number of aryl methyl sites for hydroxylation is 1. The van der Waals surface area contributed by atoms with Gasteiger partial charge in [-0.15, -0.1) is 0 Å². The summed E-state index contributed by atoms with van der Waals surface area (Å²) in [5.41, 5.74) is 2.01. The van der Waals surface area contributed by atoms with E-state index in [4.69, 9.17) is 4.74 Å². The number of nitrogens with zero attached hydrogens (tertiary/aromatic N) is 2. The summed E-state index contributed by atoms with van der Waals surface area (Å²) >= 11 is 2.07.